The molecule has 0 radical (unpaired) electrons. The number of hydrogen-bond donors (Lipinski definition) is 1. The molecule has 0 aliphatic carbocycles. The Bertz CT molecular complexity index is 421. The van der Waals surface area contributed by atoms with Crippen LogP contribution in [0.25, 0.3) is 0 Å². The number of nitrogens with zero attached hydrogens (tertiary/aromatic N) is 1. The number of piperidine rings is 1. The first kappa shape index (κ1) is 14.5. The number of nitrogens with one attached hydrogen (secondary N) is 1. The molecule has 19 heavy (non-hydrogen) atoms. The Morgan fingerprint density at radius 2 is 2.11 bits per heavy atom. The molecule has 1 N–H and O–H groups in total. The minimum absolute atomic E-state index is 0.157. The number of benzene rings is 1. The molecule has 4 atom stereocenters. The summed E-state index contributed by atoms with van der Waals surface area (Å²) in [5, 5.41) is 3.67. The van der Waals surface area contributed by atoms with Gasteiger partial charge in [0.25, 0.3) is 0 Å². The molecule has 1 aliphatic heterocycles. The third-order valence-electron chi connectivity index (χ3n) is 4.42. The summed E-state index contributed by atoms with van der Waals surface area (Å²) in [6.07, 6.45) is 1.15. The molecule has 106 valence electrons. The molecular formula is C16H25FN2. The van der Waals surface area contributed by atoms with Crippen LogP contribution in [0.15, 0.2) is 24.3 Å². The predicted molar refractivity (Wildman–Crippen MR) is 77.6 cm³/mol. The Kier molecular flexibility index (Phi) is 4.58. The topological polar surface area (TPSA) is 15.3 Å². The predicted octanol–water partition coefficient (Wildman–Crippen LogP) is 3.21. The van der Waals surface area contributed by atoms with Gasteiger partial charge in [0.1, 0.15) is 5.82 Å². The van der Waals surface area contributed by atoms with E-state index in [2.05, 4.69) is 38.0 Å². The second-order valence-corrected chi connectivity index (χ2v) is 6.05. The lowest BCUT2D eigenvalue weighted by Gasteiger charge is -2.41. The molecule has 1 aromatic rings. The fourth-order valence-electron chi connectivity index (χ4n) is 2.97. The highest BCUT2D eigenvalue weighted by Crippen LogP contribution is 2.24. The highest BCUT2D eigenvalue weighted by molar-refractivity contribution is 5.19. The van der Waals surface area contributed by atoms with E-state index in [1.165, 1.54) is 6.07 Å². The number of likely N-dealkylation sites (tertiary alicyclic amines) is 1. The van der Waals surface area contributed by atoms with Gasteiger partial charge in [-0.1, -0.05) is 19.1 Å². The van der Waals surface area contributed by atoms with Gasteiger partial charge >= 0.3 is 0 Å². The van der Waals surface area contributed by atoms with Crippen LogP contribution in [0.1, 0.15) is 38.8 Å². The molecule has 2 rings (SSSR count). The van der Waals surface area contributed by atoms with Gasteiger partial charge in [-0.15, -0.1) is 0 Å². The molecule has 1 saturated heterocycles. The zero-order valence-corrected chi connectivity index (χ0v) is 12.4. The van der Waals surface area contributed by atoms with E-state index in [9.17, 15) is 4.39 Å². The summed E-state index contributed by atoms with van der Waals surface area (Å²) in [5.41, 5.74) is 1.03. The fraction of sp³-hybridized carbons (Fsp3) is 0.625. The van der Waals surface area contributed by atoms with E-state index in [1.807, 2.05) is 6.07 Å². The van der Waals surface area contributed by atoms with Crippen LogP contribution in [-0.4, -0.2) is 30.6 Å². The third kappa shape index (κ3) is 3.54. The smallest absolute Gasteiger partial charge is 0.123 e. The summed E-state index contributed by atoms with van der Waals surface area (Å²) in [5.74, 6) is 0.466. The van der Waals surface area contributed by atoms with Crippen molar-refractivity contribution in [3.8, 4) is 0 Å². The van der Waals surface area contributed by atoms with E-state index < -0.39 is 0 Å². The Morgan fingerprint density at radius 3 is 2.79 bits per heavy atom. The maximum Gasteiger partial charge on any atom is 0.123 e. The van der Waals surface area contributed by atoms with Crippen LogP contribution in [0.5, 0.6) is 0 Å². The molecule has 3 unspecified atom stereocenters. The lowest BCUT2D eigenvalue weighted by atomic mass is 9.89. The van der Waals surface area contributed by atoms with Crippen molar-refractivity contribution in [2.45, 2.75) is 45.3 Å². The van der Waals surface area contributed by atoms with Crippen LogP contribution < -0.4 is 5.32 Å². The van der Waals surface area contributed by atoms with Crippen molar-refractivity contribution in [1.29, 1.82) is 0 Å². The number of rotatable bonds is 3. The average molecular weight is 264 g/mol. The van der Waals surface area contributed by atoms with Crippen molar-refractivity contribution in [2.24, 2.45) is 5.92 Å². The molecule has 1 heterocycles. The Balaban J connectivity index is 2.00. The van der Waals surface area contributed by atoms with E-state index in [0.717, 1.165) is 18.5 Å². The quantitative estimate of drug-likeness (QED) is 0.902. The molecule has 2 nitrogen and oxygen atoms in total. The van der Waals surface area contributed by atoms with Gasteiger partial charge in [0, 0.05) is 24.7 Å². The maximum absolute atomic E-state index is 13.3. The Morgan fingerprint density at radius 1 is 1.37 bits per heavy atom. The highest BCUT2D eigenvalue weighted by atomic mass is 19.1. The second kappa shape index (κ2) is 6.02. The van der Waals surface area contributed by atoms with Crippen LogP contribution in [-0.2, 0) is 0 Å². The van der Waals surface area contributed by atoms with Gasteiger partial charge in [0.05, 0.1) is 0 Å². The van der Waals surface area contributed by atoms with Gasteiger partial charge in [0.15, 0.2) is 0 Å². The summed E-state index contributed by atoms with van der Waals surface area (Å²) in [7, 11) is 2.19. The Hall–Kier alpha value is -0.930. The third-order valence-corrected chi connectivity index (χ3v) is 4.42. The summed E-state index contributed by atoms with van der Waals surface area (Å²) in [4.78, 5) is 2.41. The number of halogens is 1. The monoisotopic (exact) mass is 264 g/mol. The van der Waals surface area contributed by atoms with Gasteiger partial charge in [-0.25, -0.2) is 4.39 Å². The van der Waals surface area contributed by atoms with Gasteiger partial charge in [-0.05, 0) is 50.9 Å². The molecule has 0 bridgehead atoms. The second-order valence-electron chi connectivity index (χ2n) is 6.05. The van der Waals surface area contributed by atoms with Gasteiger partial charge in [-0.3, -0.25) is 0 Å². The average Bonchev–Trinajstić information content (AvgIpc) is 2.36. The summed E-state index contributed by atoms with van der Waals surface area (Å²) in [6.45, 7) is 7.80. The molecule has 1 aromatic carbocycles. The summed E-state index contributed by atoms with van der Waals surface area (Å²) in [6, 6.07) is 8.20. The van der Waals surface area contributed by atoms with E-state index in [0.29, 0.717) is 18.0 Å². The molecule has 0 saturated carbocycles. The molecule has 0 spiro atoms. The van der Waals surface area contributed by atoms with Crippen molar-refractivity contribution in [2.75, 3.05) is 13.6 Å². The normalized spacial score (nSPS) is 30.3. The van der Waals surface area contributed by atoms with Crippen LogP contribution in [0.2, 0.25) is 0 Å². The summed E-state index contributed by atoms with van der Waals surface area (Å²) >= 11 is 0. The van der Waals surface area contributed by atoms with Crippen molar-refractivity contribution < 1.29 is 4.39 Å². The van der Waals surface area contributed by atoms with E-state index >= 15 is 0 Å². The van der Waals surface area contributed by atoms with E-state index in [4.69, 9.17) is 0 Å². The zero-order valence-electron chi connectivity index (χ0n) is 12.4. The van der Waals surface area contributed by atoms with Crippen molar-refractivity contribution in [3.63, 3.8) is 0 Å². The lowest BCUT2D eigenvalue weighted by molar-refractivity contribution is 0.116. The van der Waals surface area contributed by atoms with E-state index in [-0.39, 0.29) is 11.9 Å². The molecular weight excluding hydrogens is 239 g/mol. The standard InChI is InChI=1S/C16H25FN2/c1-11-10-19(4)12(2)8-16(11)18-13(3)14-6-5-7-15(17)9-14/h5-7,9,11-13,16,18H,8,10H2,1-4H3/t11?,12?,13-,16?/m1/s1. The van der Waals surface area contributed by atoms with Crippen LogP contribution in [0, 0.1) is 11.7 Å². The van der Waals surface area contributed by atoms with Crippen LogP contribution >= 0.6 is 0 Å². The van der Waals surface area contributed by atoms with E-state index in [1.54, 1.807) is 12.1 Å². The first-order valence-corrected chi connectivity index (χ1v) is 7.19. The molecule has 3 heteroatoms. The maximum atomic E-state index is 13.3. The molecule has 0 amide bonds. The van der Waals surface area contributed by atoms with Gasteiger partial charge in [-0.2, -0.15) is 0 Å². The van der Waals surface area contributed by atoms with Gasteiger partial charge < -0.3 is 10.2 Å². The molecule has 1 fully saturated rings. The van der Waals surface area contributed by atoms with Gasteiger partial charge in [0.2, 0.25) is 0 Å². The fourth-order valence-corrected chi connectivity index (χ4v) is 2.97. The minimum Gasteiger partial charge on any atom is -0.307 e. The Labute approximate surface area is 116 Å². The first-order valence-electron chi connectivity index (χ1n) is 7.19. The van der Waals surface area contributed by atoms with Crippen molar-refractivity contribution >= 4 is 0 Å². The molecule has 0 aromatic heterocycles. The lowest BCUT2D eigenvalue weighted by Crippen LogP contribution is -2.51. The summed E-state index contributed by atoms with van der Waals surface area (Å²) < 4.78 is 13.3. The SMILES string of the molecule is CC1CN(C)C(C)CC1N[C@H](C)c1cccc(F)c1. The number of hydrogen-bond acceptors (Lipinski definition) is 2. The molecule has 1 aliphatic rings. The van der Waals surface area contributed by atoms with Crippen LogP contribution in [0.3, 0.4) is 0 Å². The first-order chi connectivity index (χ1) is 8.97. The minimum atomic E-state index is -0.157. The zero-order chi connectivity index (χ0) is 14.0. The van der Waals surface area contributed by atoms with Crippen molar-refractivity contribution in [1.82, 2.24) is 10.2 Å². The van der Waals surface area contributed by atoms with Crippen LogP contribution in [0.4, 0.5) is 4.39 Å². The largest absolute Gasteiger partial charge is 0.307 e. The van der Waals surface area contributed by atoms with Crippen molar-refractivity contribution in [3.05, 3.63) is 35.6 Å². The highest BCUT2D eigenvalue weighted by Gasteiger charge is 2.29.